The third kappa shape index (κ3) is 4.42. The van der Waals surface area contributed by atoms with Crippen molar-refractivity contribution in [3.63, 3.8) is 0 Å². The van der Waals surface area contributed by atoms with E-state index in [2.05, 4.69) is 23.8 Å². The molecule has 0 unspecified atom stereocenters. The summed E-state index contributed by atoms with van der Waals surface area (Å²) in [5.41, 5.74) is 5.99. The number of primary sulfonamides is 1. The van der Waals surface area contributed by atoms with E-state index in [1.54, 1.807) is 12.1 Å². The second-order valence-corrected chi connectivity index (χ2v) is 9.38. The van der Waals surface area contributed by atoms with E-state index in [1.165, 1.54) is 6.07 Å². The number of aryl methyl sites for hydroxylation is 1. The molecule has 4 rings (SSSR count). The van der Waals surface area contributed by atoms with E-state index in [-0.39, 0.29) is 10.8 Å². The van der Waals surface area contributed by atoms with Gasteiger partial charge in [-0.15, -0.1) is 0 Å². The summed E-state index contributed by atoms with van der Waals surface area (Å²) in [6.45, 7) is 6.14. The van der Waals surface area contributed by atoms with Gasteiger partial charge < -0.3 is 4.98 Å². The number of nitrogens with zero attached hydrogens (tertiary/aromatic N) is 2. The first-order chi connectivity index (χ1) is 14.7. The standard InChI is InChI=1S/C24H24N4O2S/c1-15(2)24-27-22(23(28-24)21-12-4-7-16(3)26-21)19-10-5-8-17(13-19)18-9-6-11-20(14-18)31(25,29)30/h4-15H,1-3H3,(H,27,28)(H2,25,29,30). The van der Waals surface area contributed by atoms with Gasteiger partial charge in [-0.1, -0.05) is 50.2 Å². The van der Waals surface area contributed by atoms with Crippen LogP contribution < -0.4 is 5.14 Å². The van der Waals surface area contributed by atoms with Crippen molar-refractivity contribution in [1.82, 2.24) is 15.0 Å². The Bertz CT molecular complexity index is 1360. The molecule has 2 aromatic heterocycles. The molecule has 0 aliphatic heterocycles. The third-order valence-electron chi connectivity index (χ3n) is 5.05. The Morgan fingerprint density at radius 2 is 1.52 bits per heavy atom. The Kier molecular flexibility index (Phi) is 5.47. The highest BCUT2D eigenvalue weighted by atomic mass is 32.2. The molecule has 7 heteroatoms. The fourth-order valence-electron chi connectivity index (χ4n) is 3.44. The second-order valence-electron chi connectivity index (χ2n) is 7.82. The first-order valence-corrected chi connectivity index (χ1v) is 11.5. The molecule has 0 atom stereocenters. The molecule has 2 heterocycles. The molecule has 0 aliphatic carbocycles. The topological polar surface area (TPSA) is 102 Å². The van der Waals surface area contributed by atoms with Crippen LogP contribution in [0.2, 0.25) is 0 Å². The van der Waals surface area contributed by atoms with Crippen molar-refractivity contribution >= 4 is 10.0 Å². The van der Waals surface area contributed by atoms with Gasteiger partial charge in [-0.3, -0.25) is 4.98 Å². The number of benzene rings is 2. The van der Waals surface area contributed by atoms with Crippen LogP contribution in [-0.2, 0) is 10.0 Å². The van der Waals surface area contributed by atoms with Gasteiger partial charge in [-0.05, 0) is 48.4 Å². The number of pyridine rings is 1. The first kappa shape index (κ1) is 21.0. The Morgan fingerprint density at radius 1 is 0.871 bits per heavy atom. The van der Waals surface area contributed by atoms with E-state index < -0.39 is 10.0 Å². The molecular formula is C24H24N4O2S. The van der Waals surface area contributed by atoms with Crippen molar-refractivity contribution in [2.75, 3.05) is 0 Å². The molecule has 0 aliphatic rings. The van der Waals surface area contributed by atoms with Crippen LogP contribution in [0.15, 0.2) is 71.6 Å². The Hall–Kier alpha value is -3.29. The summed E-state index contributed by atoms with van der Waals surface area (Å²) in [5.74, 6) is 1.11. The van der Waals surface area contributed by atoms with E-state index in [9.17, 15) is 8.42 Å². The number of imidazole rings is 1. The van der Waals surface area contributed by atoms with Gasteiger partial charge in [0, 0.05) is 17.2 Å². The van der Waals surface area contributed by atoms with Gasteiger partial charge in [-0.2, -0.15) is 0 Å². The Balaban J connectivity index is 1.85. The predicted octanol–water partition coefficient (Wildman–Crippen LogP) is 4.88. The molecule has 0 saturated heterocycles. The van der Waals surface area contributed by atoms with Crippen LogP contribution in [0, 0.1) is 6.92 Å². The lowest BCUT2D eigenvalue weighted by molar-refractivity contribution is 0.598. The highest BCUT2D eigenvalue weighted by molar-refractivity contribution is 7.89. The second kappa shape index (κ2) is 8.09. The molecule has 158 valence electrons. The minimum absolute atomic E-state index is 0.0851. The lowest BCUT2D eigenvalue weighted by atomic mass is 10.0. The Morgan fingerprint density at radius 3 is 2.19 bits per heavy atom. The third-order valence-corrected chi connectivity index (χ3v) is 5.96. The van der Waals surface area contributed by atoms with Crippen molar-refractivity contribution in [3.8, 4) is 33.8 Å². The number of sulfonamides is 1. The van der Waals surface area contributed by atoms with Crippen LogP contribution in [0.1, 0.15) is 31.3 Å². The molecule has 0 amide bonds. The van der Waals surface area contributed by atoms with E-state index in [0.717, 1.165) is 45.3 Å². The van der Waals surface area contributed by atoms with Crippen LogP contribution in [0.5, 0.6) is 0 Å². The number of rotatable bonds is 5. The quantitative estimate of drug-likeness (QED) is 0.469. The highest BCUT2D eigenvalue weighted by Gasteiger charge is 2.18. The summed E-state index contributed by atoms with van der Waals surface area (Å²) >= 11 is 0. The van der Waals surface area contributed by atoms with E-state index in [0.29, 0.717) is 0 Å². The molecule has 0 radical (unpaired) electrons. The largest absolute Gasteiger partial charge is 0.340 e. The van der Waals surface area contributed by atoms with Crippen molar-refractivity contribution in [1.29, 1.82) is 0 Å². The normalized spacial score (nSPS) is 11.8. The average Bonchev–Trinajstić information content (AvgIpc) is 3.19. The molecule has 31 heavy (non-hydrogen) atoms. The number of nitrogens with two attached hydrogens (primary N) is 1. The maximum atomic E-state index is 11.8. The van der Waals surface area contributed by atoms with E-state index in [4.69, 9.17) is 10.1 Å². The maximum Gasteiger partial charge on any atom is 0.238 e. The Labute approximate surface area is 182 Å². The maximum absolute atomic E-state index is 11.8. The van der Waals surface area contributed by atoms with Crippen LogP contribution in [-0.4, -0.2) is 23.4 Å². The zero-order valence-electron chi connectivity index (χ0n) is 17.6. The van der Waals surface area contributed by atoms with Crippen molar-refractivity contribution in [2.45, 2.75) is 31.6 Å². The van der Waals surface area contributed by atoms with Crippen molar-refractivity contribution in [2.24, 2.45) is 5.14 Å². The minimum Gasteiger partial charge on any atom is -0.340 e. The number of hydrogen-bond donors (Lipinski definition) is 2. The van der Waals surface area contributed by atoms with Gasteiger partial charge in [0.1, 0.15) is 5.82 Å². The number of hydrogen-bond acceptors (Lipinski definition) is 4. The van der Waals surface area contributed by atoms with Gasteiger partial charge in [0.15, 0.2) is 0 Å². The molecule has 6 nitrogen and oxygen atoms in total. The van der Waals surface area contributed by atoms with E-state index in [1.807, 2.05) is 55.5 Å². The van der Waals surface area contributed by atoms with Gasteiger partial charge >= 0.3 is 0 Å². The number of aromatic amines is 1. The number of nitrogens with one attached hydrogen (secondary N) is 1. The lowest BCUT2D eigenvalue weighted by Crippen LogP contribution is -2.11. The zero-order chi connectivity index (χ0) is 22.2. The molecule has 2 aromatic carbocycles. The number of H-pyrrole nitrogens is 1. The van der Waals surface area contributed by atoms with Crippen molar-refractivity contribution in [3.05, 3.63) is 78.2 Å². The van der Waals surface area contributed by atoms with Gasteiger partial charge in [0.2, 0.25) is 10.0 Å². The van der Waals surface area contributed by atoms with Gasteiger partial charge in [0.25, 0.3) is 0 Å². The summed E-state index contributed by atoms with van der Waals surface area (Å²) in [6.07, 6.45) is 0. The lowest BCUT2D eigenvalue weighted by Gasteiger charge is -2.08. The average molecular weight is 433 g/mol. The van der Waals surface area contributed by atoms with Crippen LogP contribution in [0.25, 0.3) is 33.8 Å². The van der Waals surface area contributed by atoms with Gasteiger partial charge in [0.05, 0.1) is 22.0 Å². The fourth-order valence-corrected chi connectivity index (χ4v) is 4.00. The molecule has 0 spiro atoms. The van der Waals surface area contributed by atoms with E-state index >= 15 is 0 Å². The first-order valence-electron chi connectivity index (χ1n) is 10.00. The van der Waals surface area contributed by atoms with Gasteiger partial charge in [-0.25, -0.2) is 18.5 Å². The summed E-state index contributed by atoms with van der Waals surface area (Å²) in [6, 6.07) is 20.4. The predicted molar refractivity (Wildman–Crippen MR) is 123 cm³/mol. The molecule has 4 aromatic rings. The zero-order valence-corrected chi connectivity index (χ0v) is 18.4. The summed E-state index contributed by atoms with van der Waals surface area (Å²) < 4.78 is 23.5. The molecule has 0 fully saturated rings. The fraction of sp³-hybridized carbons (Fsp3) is 0.167. The summed E-state index contributed by atoms with van der Waals surface area (Å²) in [4.78, 5) is 13.1. The van der Waals surface area contributed by atoms with Crippen molar-refractivity contribution < 1.29 is 8.42 Å². The summed E-state index contributed by atoms with van der Waals surface area (Å²) in [5, 5.41) is 5.30. The minimum atomic E-state index is -3.77. The molecule has 0 bridgehead atoms. The van der Waals surface area contributed by atoms with Crippen LogP contribution in [0.3, 0.4) is 0 Å². The monoisotopic (exact) mass is 432 g/mol. The van der Waals surface area contributed by atoms with Crippen LogP contribution >= 0.6 is 0 Å². The van der Waals surface area contributed by atoms with Crippen LogP contribution in [0.4, 0.5) is 0 Å². The SMILES string of the molecule is Cc1cccc(-c2[nH]c(C(C)C)nc2-c2cccc(-c3cccc(S(N)(=O)=O)c3)c2)n1. The smallest absolute Gasteiger partial charge is 0.238 e. The summed E-state index contributed by atoms with van der Waals surface area (Å²) in [7, 11) is -3.77. The molecule has 0 saturated carbocycles. The highest BCUT2D eigenvalue weighted by Crippen LogP contribution is 2.33. The molecular weight excluding hydrogens is 408 g/mol. The molecule has 3 N–H and O–H groups in total. The number of aromatic nitrogens is 3.